The van der Waals surface area contributed by atoms with Crippen molar-refractivity contribution in [3.8, 4) is 0 Å². The molecular weight excluding hydrogens is 318 g/mol. The quantitative estimate of drug-likeness (QED) is 0.851. The van der Waals surface area contributed by atoms with E-state index in [9.17, 15) is 4.79 Å². The van der Waals surface area contributed by atoms with Crippen LogP contribution < -0.4 is 4.90 Å². The molecule has 0 bridgehead atoms. The number of rotatable bonds is 4. The van der Waals surface area contributed by atoms with Gasteiger partial charge in [0.05, 0.1) is 12.2 Å². The molecule has 2 aromatic rings. The predicted octanol–water partition coefficient (Wildman–Crippen LogP) is 3.24. The summed E-state index contributed by atoms with van der Waals surface area (Å²) in [5.41, 5.74) is 0. The summed E-state index contributed by atoms with van der Waals surface area (Å²) >= 11 is 0. The Labute approximate surface area is 147 Å². The first-order chi connectivity index (χ1) is 12.1. The highest BCUT2D eigenvalue weighted by atomic mass is 16.5. The van der Waals surface area contributed by atoms with Crippen LogP contribution in [0.1, 0.15) is 76.0 Å². The molecule has 1 aliphatic carbocycles. The number of carbonyl (C=O) groups is 1. The van der Waals surface area contributed by atoms with Crippen LogP contribution in [-0.4, -0.2) is 31.9 Å². The van der Waals surface area contributed by atoms with E-state index in [1.54, 1.807) is 6.20 Å². The van der Waals surface area contributed by atoms with Gasteiger partial charge in [-0.25, -0.2) is 4.68 Å². The number of anilines is 1. The molecule has 25 heavy (non-hydrogen) atoms. The molecule has 0 saturated heterocycles. The number of hydrogen-bond donors (Lipinski definition) is 0. The lowest BCUT2D eigenvalue weighted by Crippen LogP contribution is -2.45. The molecule has 1 saturated carbocycles. The Kier molecular flexibility index (Phi) is 4.31. The Morgan fingerprint density at radius 2 is 2.08 bits per heavy atom. The van der Waals surface area contributed by atoms with Crippen molar-refractivity contribution in [2.45, 2.75) is 76.8 Å². The van der Waals surface area contributed by atoms with Gasteiger partial charge in [-0.15, -0.1) is 0 Å². The maximum absolute atomic E-state index is 12.8. The van der Waals surface area contributed by atoms with Gasteiger partial charge in [0.1, 0.15) is 5.82 Å². The summed E-state index contributed by atoms with van der Waals surface area (Å²) in [6.07, 6.45) is 8.30. The smallest absolute Gasteiger partial charge is 0.228 e. The highest BCUT2D eigenvalue weighted by Crippen LogP contribution is 2.33. The van der Waals surface area contributed by atoms with Crippen LogP contribution in [0, 0.1) is 0 Å². The number of aryl methyl sites for hydroxylation is 1. The summed E-state index contributed by atoms with van der Waals surface area (Å²) in [6, 6.07) is 2.40. The monoisotopic (exact) mass is 343 g/mol. The fraction of sp³-hybridized carbons (Fsp3) is 0.667. The highest BCUT2D eigenvalue weighted by Gasteiger charge is 2.32. The Hall–Kier alpha value is -2.18. The van der Waals surface area contributed by atoms with Crippen LogP contribution in [-0.2, 0) is 11.2 Å². The minimum atomic E-state index is 0.0850. The van der Waals surface area contributed by atoms with Crippen molar-refractivity contribution in [3.05, 3.63) is 24.0 Å². The molecule has 2 unspecified atom stereocenters. The molecule has 0 spiro atoms. The molecule has 134 valence electrons. The summed E-state index contributed by atoms with van der Waals surface area (Å²) in [4.78, 5) is 19.2. The molecule has 1 amide bonds. The van der Waals surface area contributed by atoms with Crippen LogP contribution in [0.4, 0.5) is 5.82 Å². The third-order valence-corrected chi connectivity index (χ3v) is 5.46. The molecule has 0 N–H and O–H groups in total. The first kappa shape index (κ1) is 16.3. The first-order valence-corrected chi connectivity index (χ1v) is 9.31. The summed E-state index contributed by atoms with van der Waals surface area (Å²) in [5.74, 6) is 2.79. The second-order valence-electron chi connectivity index (χ2n) is 7.36. The normalized spacial score (nSPS) is 23.8. The molecular formula is C18H25N5O2. The van der Waals surface area contributed by atoms with E-state index >= 15 is 0 Å². The number of carbonyl (C=O) groups excluding carboxylic acids is 1. The first-order valence-electron chi connectivity index (χ1n) is 9.31. The van der Waals surface area contributed by atoms with Crippen LogP contribution >= 0.6 is 0 Å². The standard InChI is InChI=1S/C18H25N5O2/c1-12-11-13(2)23-16(9-10-19-23)22(12)17(24)8-7-15-20-18(21-25-15)14-5-3-4-6-14/h9-10,12-14H,3-8,11H2,1-2H3. The number of amides is 1. The zero-order chi connectivity index (χ0) is 17.4. The van der Waals surface area contributed by atoms with Gasteiger partial charge in [-0.2, -0.15) is 10.1 Å². The molecule has 3 heterocycles. The number of aromatic nitrogens is 4. The van der Waals surface area contributed by atoms with Gasteiger partial charge in [0, 0.05) is 30.9 Å². The Morgan fingerprint density at radius 1 is 1.28 bits per heavy atom. The molecule has 0 radical (unpaired) electrons. The topological polar surface area (TPSA) is 77.1 Å². The van der Waals surface area contributed by atoms with Crippen molar-refractivity contribution in [1.82, 2.24) is 19.9 Å². The number of fused-ring (bicyclic) bond motifs is 1. The predicted molar refractivity (Wildman–Crippen MR) is 92.3 cm³/mol. The fourth-order valence-electron chi connectivity index (χ4n) is 4.19. The third-order valence-electron chi connectivity index (χ3n) is 5.46. The zero-order valence-corrected chi connectivity index (χ0v) is 14.9. The lowest BCUT2D eigenvalue weighted by atomic mass is 10.0. The fourth-order valence-corrected chi connectivity index (χ4v) is 4.19. The van der Waals surface area contributed by atoms with E-state index in [1.807, 2.05) is 15.6 Å². The van der Waals surface area contributed by atoms with Gasteiger partial charge in [0.25, 0.3) is 0 Å². The summed E-state index contributed by atoms with van der Waals surface area (Å²) in [6.45, 7) is 4.23. The second-order valence-corrected chi connectivity index (χ2v) is 7.36. The lowest BCUT2D eigenvalue weighted by Gasteiger charge is -2.37. The molecule has 4 rings (SSSR count). The van der Waals surface area contributed by atoms with Crippen LogP contribution in [0.15, 0.2) is 16.8 Å². The van der Waals surface area contributed by atoms with Crippen LogP contribution in [0.5, 0.6) is 0 Å². The third kappa shape index (κ3) is 3.07. The van der Waals surface area contributed by atoms with E-state index in [0.717, 1.165) is 30.9 Å². The van der Waals surface area contributed by atoms with E-state index < -0.39 is 0 Å². The second kappa shape index (κ2) is 6.61. The van der Waals surface area contributed by atoms with Gasteiger partial charge in [0.15, 0.2) is 5.82 Å². The van der Waals surface area contributed by atoms with Crippen molar-refractivity contribution in [3.63, 3.8) is 0 Å². The van der Waals surface area contributed by atoms with Gasteiger partial charge < -0.3 is 4.52 Å². The van der Waals surface area contributed by atoms with Crippen LogP contribution in [0.3, 0.4) is 0 Å². The molecule has 2 aliphatic rings. The van der Waals surface area contributed by atoms with Gasteiger partial charge in [0.2, 0.25) is 11.8 Å². The highest BCUT2D eigenvalue weighted by molar-refractivity contribution is 5.93. The maximum Gasteiger partial charge on any atom is 0.228 e. The molecule has 1 fully saturated rings. The molecule has 2 aromatic heterocycles. The van der Waals surface area contributed by atoms with Gasteiger partial charge >= 0.3 is 0 Å². The van der Waals surface area contributed by atoms with Gasteiger partial charge in [-0.3, -0.25) is 9.69 Å². The Morgan fingerprint density at radius 3 is 2.88 bits per heavy atom. The van der Waals surface area contributed by atoms with Crippen molar-refractivity contribution in [2.24, 2.45) is 0 Å². The van der Waals surface area contributed by atoms with Gasteiger partial charge in [-0.05, 0) is 33.1 Å². The average molecular weight is 343 g/mol. The van der Waals surface area contributed by atoms with Crippen molar-refractivity contribution in [2.75, 3.05) is 4.90 Å². The minimum absolute atomic E-state index is 0.0850. The molecule has 1 aliphatic heterocycles. The molecule has 7 heteroatoms. The minimum Gasteiger partial charge on any atom is -0.339 e. The van der Waals surface area contributed by atoms with E-state index in [2.05, 4.69) is 29.1 Å². The van der Waals surface area contributed by atoms with E-state index in [0.29, 0.717) is 30.7 Å². The summed E-state index contributed by atoms with van der Waals surface area (Å²) in [5, 5.41) is 8.47. The molecule has 2 atom stereocenters. The summed E-state index contributed by atoms with van der Waals surface area (Å²) in [7, 11) is 0. The lowest BCUT2D eigenvalue weighted by molar-refractivity contribution is -0.119. The van der Waals surface area contributed by atoms with Crippen molar-refractivity contribution < 1.29 is 9.32 Å². The van der Waals surface area contributed by atoms with E-state index in [4.69, 9.17) is 4.52 Å². The van der Waals surface area contributed by atoms with E-state index in [-0.39, 0.29) is 11.9 Å². The van der Waals surface area contributed by atoms with Crippen LogP contribution in [0.25, 0.3) is 0 Å². The summed E-state index contributed by atoms with van der Waals surface area (Å²) < 4.78 is 7.30. The van der Waals surface area contributed by atoms with Gasteiger partial charge in [-0.1, -0.05) is 18.0 Å². The SMILES string of the molecule is CC1CC(C)n2nccc2N1C(=O)CCc1nc(C2CCCC2)no1. The Balaban J connectivity index is 1.42. The average Bonchev–Trinajstić information content (AvgIpc) is 3.32. The molecule has 7 nitrogen and oxygen atoms in total. The largest absolute Gasteiger partial charge is 0.339 e. The van der Waals surface area contributed by atoms with Crippen molar-refractivity contribution >= 4 is 11.7 Å². The molecule has 0 aromatic carbocycles. The number of hydrogen-bond acceptors (Lipinski definition) is 5. The van der Waals surface area contributed by atoms with Crippen molar-refractivity contribution in [1.29, 1.82) is 0 Å². The van der Waals surface area contributed by atoms with Crippen LogP contribution in [0.2, 0.25) is 0 Å². The number of nitrogens with zero attached hydrogens (tertiary/aromatic N) is 5. The Bertz CT molecular complexity index is 746. The van der Waals surface area contributed by atoms with E-state index in [1.165, 1.54) is 12.8 Å². The zero-order valence-electron chi connectivity index (χ0n) is 14.9. The maximum atomic E-state index is 12.8.